The Morgan fingerprint density at radius 1 is 1.10 bits per heavy atom. The van der Waals surface area contributed by atoms with E-state index in [1.54, 1.807) is 24.3 Å². The predicted molar refractivity (Wildman–Crippen MR) is 119 cm³/mol. The summed E-state index contributed by atoms with van der Waals surface area (Å²) in [5.74, 6) is -1.06. The van der Waals surface area contributed by atoms with Gasteiger partial charge >= 0.3 is 5.97 Å². The lowest BCUT2D eigenvalue weighted by Crippen LogP contribution is -2.44. The summed E-state index contributed by atoms with van der Waals surface area (Å²) in [6, 6.07) is 11.1. The third-order valence-electron chi connectivity index (χ3n) is 5.30. The van der Waals surface area contributed by atoms with Crippen molar-refractivity contribution in [3.8, 4) is 0 Å². The highest BCUT2D eigenvalue weighted by Crippen LogP contribution is 2.45. The van der Waals surface area contributed by atoms with Gasteiger partial charge in [0, 0.05) is 24.8 Å². The summed E-state index contributed by atoms with van der Waals surface area (Å²) in [4.78, 5) is 24.9. The van der Waals surface area contributed by atoms with Crippen LogP contribution < -0.4 is 5.32 Å². The van der Waals surface area contributed by atoms with Gasteiger partial charge in [-0.1, -0.05) is 41.8 Å². The molecular weight excluding hydrogens is 463 g/mol. The number of rotatable bonds is 7. The Balaban J connectivity index is 1.66. The number of hydrogen-bond acceptors (Lipinski definition) is 5. The van der Waals surface area contributed by atoms with E-state index in [-0.39, 0.29) is 15.6 Å². The number of anilines is 1. The second-order valence-corrected chi connectivity index (χ2v) is 10.5. The summed E-state index contributed by atoms with van der Waals surface area (Å²) in [6.07, 6.45) is 2.16. The molecule has 0 atom stereocenters. The van der Waals surface area contributed by atoms with Crippen LogP contribution >= 0.6 is 23.2 Å². The van der Waals surface area contributed by atoms with Crippen LogP contribution in [0.15, 0.2) is 47.4 Å². The first-order valence-electron chi connectivity index (χ1n) is 9.51. The Hall–Kier alpha value is -2.13. The largest absolute Gasteiger partial charge is 0.455 e. The van der Waals surface area contributed by atoms with Crippen LogP contribution in [-0.4, -0.2) is 45.3 Å². The van der Waals surface area contributed by atoms with Crippen molar-refractivity contribution in [1.29, 1.82) is 0 Å². The van der Waals surface area contributed by atoms with E-state index in [1.807, 2.05) is 0 Å². The van der Waals surface area contributed by atoms with Crippen LogP contribution in [0.2, 0.25) is 10.0 Å². The number of nitrogens with one attached hydrogen (secondary N) is 1. The van der Waals surface area contributed by atoms with Gasteiger partial charge in [0.05, 0.1) is 10.4 Å². The fraction of sp³-hybridized carbons (Fsp3) is 0.333. The van der Waals surface area contributed by atoms with Crippen molar-refractivity contribution in [2.24, 2.45) is 0 Å². The van der Waals surface area contributed by atoms with Crippen molar-refractivity contribution in [2.75, 3.05) is 26.0 Å². The van der Waals surface area contributed by atoms with E-state index in [2.05, 4.69) is 5.32 Å². The van der Waals surface area contributed by atoms with Gasteiger partial charge in [-0.05, 0) is 48.7 Å². The third-order valence-corrected chi connectivity index (χ3v) is 7.85. The first-order chi connectivity index (χ1) is 14.6. The smallest absolute Gasteiger partial charge is 0.317 e. The molecule has 0 heterocycles. The third kappa shape index (κ3) is 4.87. The monoisotopic (exact) mass is 484 g/mol. The molecular formula is C21H22Cl2N2O5S. The fourth-order valence-electron chi connectivity index (χ4n) is 3.35. The highest BCUT2D eigenvalue weighted by Gasteiger charge is 2.47. The van der Waals surface area contributed by atoms with Gasteiger partial charge in [0.2, 0.25) is 10.0 Å². The molecule has 1 fully saturated rings. The molecule has 0 aliphatic heterocycles. The average molecular weight is 485 g/mol. The van der Waals surface area contributed by atoms with Gasteiger partial charge < -0.3 is 10.1 Å². The lowest BCUT2D eigenvalue weighted by Gasteiger charge is -2.39. The van der Waals surface area contributed by atoms with Gasteiger partial charge in [-0.15, -0.1) is 0 Å². The lowest BCUT2D eigenvalue weighted by atomic mass is 9.64. The Morgan fingerprint density at radius 3 is 2.29 bits per heavy atom. The van der Waals surface area contributed by atoms with Crippen LogP contribution in [0, 0.1) is 0 Å². The van der Waals surface area contributed by atoms with E-state index >= 15 is 0 Å². The molecule has 7 nitrogen and oxygen atoms in total. The van der Waals surface area contributed by atoms with Gasteiger partial charge in [0.15, 0.2) is 6.61 Å². The number of esters is 1. The number of nitrogens with zero attached hydrogens (tertiary/aromatic N) is 1. The van der Waals surface area contributed by atoms with Crippen molar-refractivity contribution in [3.05, 3.63) is 58.1 Å². The van der Waals surface area contributed by atoms with Gasteiger partial charge in [0.1, 0.15) is 4.90 Å². The number of hydrogen-bond donors (Lipinski definition) is 1. The molecule has 1 amide bonds. The first-order valence-corrected chi connectivity index (χ1v) is 11.7. The normalized spacial score (nSPS) is 15.3. The second kappa shape index (κ2) is 9.16. The molecule has 2 aromatic carbocycles. The topological polar surface area (TPSA) is 92.8 Å². The summed E-state index contributed by atoms with van der Waals surface area (Å²) >= 11 is 11.9. The Morgan fingerprint density at radius 2 is 1.74 bits per heavy atom. The summed E-state index contributed by atoms with van der Waals surface area (Å²) in [7, 11) is -1.02. The molecule has 0 bridgehead atoms. The zero-order valence-corrected chi connectivity index (χ0v) is 19.4. The predicted octanol–water partition coefficient (Wildman–Crippen LogP) is 3.85. The van der Waals surface area contributed by atoms with E-state index in [4.69, 9.17) is 27.9 Å². The van der Waals surface area contributed by atoms with Gasteiger partial charge in [-0.2, -0.15) is 0 Å². The highest BCUT2D eigenvalue weighted by molar-refractivity contribution is 7.89. The van der Waals surface area contributed by atoms with Crippen molar-refractivity contribution in [2.45, 2.75) is 29.6 Å². The van der Waals surface area contributed by atoms with Crippen LogP contribution in [0.5, 0.6) is 0 Å². The molecule has 0 aromatic heterocycles. The average Bonchev–Trinajstić information content (AvgIpc) is 2.68. The van der Waals surface area contributed by atoms with E-state index in [0.717, 1.165) is 16.3 Å². The minimum atomic E-state index is -3.79. The van der Waals surface area contributed by atoms with E-state index in [9.17, 15) is 18.0 Å². The van der Waals surface area contributed by atoms with Gasteiger partial charge in [0.25, 0.3) is 5.91 Å². The molecule has 10 heteroatoms. The van der Waals surface area contributed by atoms with Crippen molar-refractivity contribution in [3.63, 3.8) is 0 Å². The molecule has 1 N–H and O–H groups in total. The molecule has 31 heavy (non-hydrogen) atoms. The molecule has 0 radical (unpaired) electrons. The van der Waals surface area contributed by atoms with Crippen molar-refractivity contribution in [1.82, 2.24) is 4.31 Å². The molecule has 0 unspecified atom stereocenters. The van der Waals surface area contributed by atoms with E-state index in [1.165, 1.54) is 32.3 Å². The summed E-state index contributed by atoms with van der Waals surface area (Å²) < 4.78 is 31.0. The maximum Gasteiger partial charge on any atom is 0.317 e. The molecule has 1 aliphatic carbocycles. The maximum atomic E-state index is 12.8. The number of carbonyl (C=O) groups is 2. The summed E-state index contributed by atoms with van der Waals surface area (Å²) in [5, 5.41) is 3.14. The number of carbonyl (C=O) groups excluding carboxylic acids is 2. The molecule has 0 spiro atoms. The molecule has 3 rings (SSSR count). The SMILES string of the molecule is CN(C)S(=O)(=O)c1cc(NC(=O)COC(=O)C2(c3ccc(Cl)cc3)CCC2)ccc1Cl. The standard InChI is InChI=1S/C21H22Cl2N2O5S/c1-25(2)31(28,29)18-12-16(8-9-17(18)23)24-19(26)13-30-20(27)21(10-3-11-21)14-4-6-15(22)7-5-14/h4-9,12H,3,10-11,13H2,1-2H3,(H,24,26). The first kappa shape index (κ1) is 23.5. The molecule has 1 aliphatic rings. The lowest BCUT2D eigenvalue weighted by molar-refractivity contribution is -0.156. The molecule has 1 saturated carbocycles. The maximum absolute atomic E-state index is 12.8. The number of benzene rings is 2. The van der Waals surface area contributed by atoms with Crippen LogP contribution in [0.25, 0.3) is 0 Å². The Labute approximate surface area is 191 Å². The minimum absolute atomic E-state index is 0.0352. The fourth-order valence-corrected chi connectivity index (χ4v) is 4.87. The zero-order chi connectivity index (χ0) is 22.8. The van der Waals surface area contributed by atoms with Crippen LogP contribution in [0.1, 0.15) is 24.8 Å². The Kier molecular flexibility index (Phi) is 6.95. The van der Waals surface area contributed by atoms with E-state index < -0.39 is 33.9 Å². The number of halogens is 2. The molecule has 2 aromatic rings. The second-order valence-electron chi connectivity index (χ2n) is 7.50. The van der Waals surface area contributed by atoms with Gasteiger partial charge in [-0.25, -0.2) is 12.7 Å². The zero-order valence-electron chi connectivity index (χ0n) is 17.0. The van der Waals surface area contributed by atoms with Crippen molar-refractivity contribution < 1.29 is 22.7 Å². The summed E-state index contributed by atoms with van der Waals surface area (Å²) in [6.45, 7) is -0.493. The van der Waals surface area contributed by atoms with Crippen LogP contribution in [-0.2, 0) is 29.8 Å². The number of amides is 1. The minimum Gasteiger partial charge on any atom is -0.455 e. The molecule has 166 valence electrons. The highest BCUT2D eigenvalue weighted by atomic mass is 35.5. The quantitative estimate of drug-likeness (QED) is 0.602. The van der Waals surface area contributed by atoms with Crippen LogP contribution in [0.4, 0.5) is 5.69 Å². The number of sulfonamides is 1. The Bertz CT molecular complexity index is 1100. The van der Waals surface area contributed by atoms with Crippen molar-refractivity contribution >= 4 is 50.8 Å². The van der Waals surface area contributed by atoms with E-state index in [0.29, 0.717) is 17.9 Å². The molecule has 0 saturated heterocycles. The summed E-state index contributed by atoms with van der Waals surface area (Å²) in [5.41, 5.74) is 0.268. The van der Waals surface area contributed by atoms with Gasteiger partial charge in [-0.3, -0.25) is 9.59 Å². The van der Waals surface area contributed by atoms with Crippen LogP contribution in [0.3, 0.4) is 0 Å². The number of ether oxygens (including phenoxy) is 1.